The summed E-state index contributed by atoms with van der Waals surface area (Å²) in [5.41, 5.74) is 4.22. The standard InChI is InChI=1S/C18H17N3/c1-13-8-6-7-11-16(13)20-17-12-14(2)19-18(21-17)15-9-4-3-5-10-15/h3-12H,1-2H3,(H,19,20,21). The Balaban J connectivity index is 1.97. The van der Waals surface area contributed by atoms with E-state index < -0.39 is 0 Å². The first-order valence-electron chi connectivity index (χ1n) is 6.96. The van der Waals surface area contributed by atoms with Crippen molar-refractivity contribution in [3.8, 4) is 11.4 Å². The minimum atomic E-state index is 0.742. The highest BCUT2D eigenvalue weighted by Gasteiger charge is 2.05. The third-order valence-electron chi connectivity index (χ3n) is 3.29. The Hall–Kier alpha value is -2.68. The maximum atomic E-state index is 4.62. The minimum Gasteiger partial charge on any atom is -0.340 e. The molecule has 1 heterocycles. The average molecular weight is 275 g/mol. The second kappa shape index (κ2) is 5.75. The summed E-state index contributed by atoms with van der Waals surface area (Å²) in [4.78, 5) is 9.14. The Morgan fingerprint density at radius 3 is 2.29 bits per heavy atom. The molecule has 104 valence electrons. The van der Waals surface area contributed by atoms with Gasteiger partial charge in [-0.1, -0.05) is 48.5 Å². The van der Waals surface area contributed by atoms with E-state index in [0.717, 1.165) is 28.6 Å². The summed E-state index contributed by atoms with van der Waals surface area (Å²) in [6, 6.07) is 20.2. The second-order valence-electron chi connectivity index (χ2n) is 5.02. The van der Waals surface area contributed by atoms with Crippen molar-refractivity contribution >= 4 is 11.5 Å². The summed E-state index contributed by atoms with van der Waals surface area (Å²) in [6.45, 7) is 4.06. The molecule has 0 saturated carbocycles. The highest BCUT2D eigenvalue weighted by molar-refractivity contribution is 5.63. The predicted molar refractivity (Wildman–Crippen MR) is 86.7 cm³/mol. The van der Waals surface area contributed by atoms with Gasteiger partial charge in [-0.25, -0.2) is 9.97 Å². The van der Waals surface area contributed by atoms with Gasteiger partial charge in [0.15, 0.2) is 5.82 Å². The minimum absolute atomic E-state index is 0.742. The van der Waals surface area contributed by atoms with Crippen molar-refractivity contribution in [2.24, 2.45) is 0 Å². The first kappa shape index (κ1) is 13.3. The van der Waals surface area contributed by atoms with Crippen LogP contribution in [0, 0.1) is 13.8 Å². The zero-order valence-corrected chi connectivity index (χ0v) is 12.2. The van der Waals surface area contributed by atoms with Crippen molar-refractivity contribution < 1.29 is 0 Å². The zero-order valence-electron chi connectivity index (χ0n) is 12.2. The highest BCUT2D eigenvalue weighted by atomic mass is 15.0. The fourth-order valence-electron chi connectivity index (χ4n) is 2.20. The summed E-state index contributed by atoms with van der Waals surface area (Å²) >= 11 is 0. The molecule has 3 nitrogen and oxygen atoms in total. The fourth-order valence-corrected chi connectivity index (χ4v) is 2.20. The maximum absolute atomic E-state index is 4.62. The number of hydrogen-bond donors (Lipinski definition) is 1. The van der Waals surface area contributed by atoms with Gasteiger partial charge in [-0.15, -0.1) is 0 Å². The van der Waals surface area contributed by atoms with Crippen molar-refractivity contribution in [1.29, 1.82) is 0 Å². The molecule has 3 rings (SSSR count). The molecule has 0 aliphatic rings. The van der Waals surface area contributed by atoms with Crippen LogP contribution in [0.4, 0.5) is 11.5 Å². The van der Waals surface area contributed by atoms with E-state index >= 15 is 0 Å². The molecule has 2 aromatic carbocycles. The molecule has 0 aliphatic heterocycles. The van der Waals surface area contributed by atoms with Crippen LogP contribution in [0.15, 0.2) is 60.7 Å². The van der Waals surface area contributed by atoms with Crippen molar-refractivity contribution in [2.45, 2.75) is 13.8 Å². The molecule has 0 amide bonds. The van der Waals surface area contributed by atoms with E-state index in [4.69, 9.17) is 0 Å². The first-order chi connectivity index (χ1) is 10.2. The molecule has 0 fully saturated rings. The van der Waals surface area contributed by atoms with Crippen molar-refractivity contribution in [3.63, 3.8) is 0 Å². The normalized spacial score (nSPS) is 10.4. The Morgan fingerprint density at radius 1 is 0.810 bits per heavy atom. The molecule has 0 radical (unpaired) electrons. The average Bonchev–Trinajstić information content (AvgIpc) is 2.50. The molecule has 0 atom stereocenters. The lowest BCUT2D eigenvalue weighted by Crippen LogP contribution is -2.00. The summed E-state index contributed by atoms with van der Waals surface area (Å²) in [7, 11) is 0. The van der Waals surface area contributed by atoms with Gasteiger partial charge in [0.1, 0.15) is 5.82 Å². The van der Waals surface area contributed by atoms with E-state index in [1.807, 2.05) is 55.5 Å². The molecule has 3 aromatic rings. The lowest BCUT2D eigenvalue weighted by molar-refractivity contribution is 1.11. The summed E-state index contributed by atoms with van der Waals surface area (Å²) in [5.74, 6) is 1.56. The molecule has 1 N–H and O–H groups in total. The molecule has 0 saturated heterocycles. The van der Waals surface area contributed by atoms with E-state index in [9.17, 15) is 0 Å². The van der Waals surface area contributed by atoms with Gasteiger partial charge in [0, 0.05) is 23.0 Å². The van der Waals surface area contributed by atoms with Gasteiger partial charge in [-0.2, -0.15) is 0 Å². The Labute approximate surface area is 124 Å². The van der Waals surface area contributed by atoms with Crippen molar-refractivity contribution in [3.05, 3.63) is 71.9 Å². The van der Waals surface area contributed by atoms with Gasteiger partial charge >= 0.3 is 0 Å². The highest BCUT2D eigenvalue weighted by Crippen LogP contribution is 2.22. The fraction of sp³-hybridized carbons (Fsp3) is 0.111. The number of nitrogens with one attached hydrogen (secondary N) is 1. The van der Waals surface area contributed by atoms with Crippen LogP contribution < -0.4 is 5.32 Å². The van der Waals surface area contributed by atoms with E-state index in [1.165, 1.54) is 5.56 Å². The molecular weight excluding hydrogens is 258 g/mol. The molecule has 3 heteroatoms. The van der Waals surface area contributed by atoms with Crippen molar-refractivity contribution in [2.75, 3.05) is 5.32 Å². The molecule has 0 aliphatic carbocycles. The number of aryl methyl sites for hydroxylation is 2. The molecule has 0 unspecified atom stereocenters. The Bertz CT molecular complexity index is 751. The number of aromatic nitrogens is 2. The number of benzene rings is 2. The third kappa shape index (κ3) is 3.08. The summed E-state index contributed by atoms with van der Waals surface area (Å²) in [5, 5.41) is 3.37. The maximum Gasteiger partial charge on any atom is 0.161 e. The monoisotopic (exact) mass is 275 g/mol. The molecule has 21 heavy (non-hydrogen) atoms. The molecule has 0 spiro atoms. The van der Waals surface area contributed by atoms with Crippen LogP contribution in [-0.4, -0.2) is 9.97 Å². The smallest absolute Gasteiger partial charge is 0.161 e. The Morgan fingerprint density at radius 2 is 1.52 bits per heavy atom. The largest absolute Gasteiger partial charge is 0.340 e. The van der Waals surface area contributed by atoms with Crippen LogP contribution in [0.1, 0.15) is 11.3 Å². The van der Waals surface area contributed by atoms with Crippen LogP contribution in [0.2, 0.25) is 0 Å². The van der Waals surface area contributed by atoms with Crippen LogP contribution in [0.25, 0.3) is 11.4 Å². The SMILES string of the molecule is Cc1cc(Nc2ccccc2C)nc(-c2ccccc2)n1. The number of nitrogens with zero attached hydrogens (tertiary/aromatic N) is 2. The second-order valence-corrected chi connectivity index (χ2v) is 5.02. The lowest BCUT2D eigenvalue weighted by Gasteiger charge is -2.10. The van der Waals surface area contributed by atoms with Gasteiger partial charge in [0.05, 0.1) is 0 Å². The van der Waals surface area contributed by atoms with Crippen LogP contribution in [0.5, 0.6) is 0 Å². The molecule has 0 bridgehead atoms. The van der Waals surface area contributed by atoms with Gasteiger partial charge in [-0.3, -0.25) is 0 Å². The Kier molecular flexibility index (Phi) is 3.65. The molecule has 1 aromatic heterocycles. The van der Waals surface area contributed by atoms with E-state index in [0.29, 0.717) is 0 Å². The van der Waals surface area contributed by atoms with Crippen LogP contribution in [-0.2, 0) is 0 Å². The van der Waals surface area contributed by atoms with Gasteiger partial charge < -0.3 is 5.32 Å². The molecular formula is C18H17N3. The van der Waals surface area contributed by atoms with Crippen molar-refractivity contribution in [1.82, 2.24) is 9.97 Å². The van der Waals surface area contributed by atoms with E-state index in [1.54, 1.807) is 0 Å². The van der Waals surface area contributed by atoms with Gasteiger partial charge in [-0.05, 0) is 25.5 Å². The number of para-hydroxylation sites is 1. The predicted octanol–water partition coefficient (Wildman–Crippen LogP) is 4.50. The lowest BCUT2D eigenvalue weighted by atomic mass is 10.2. The third-order valence-corrected chi connectivity index (χ3v) is 3.29. The number of rotatable bonds is 3. The zero-order chi connectivity index (χ0) is 14.7. The number of hydrogen-bond acceptors (Lipinski definition) is 3. The first-order valence-corrected chi connectivity index (χ1v) is 6.96. The van der Waals surface area contributed by atoms with Crippen LogP contribution in [0.3, 0.4) is 0 Å². The van der Waals surface area contributed by atoms with E-state index in [-0.39, 0.29) is 0 Å². The number of anilines is 2. The van der Waals surface area contributed by atoms with E-state index in [2.05, 4.69) is 34.3 Å². The summed E-state index contributed by atoms with van der Waals surface area (Å²) in [6.07, 6.45) is 0. The van der Waals surface area contributed by atoms with Crippen LogP contribution >= 0.6 is 0 Å². The van der Waals surface area contributed by atoms with Gasteiger partial charge in [0.2, 0.25) is 0 Å². The summed E-state index contributed by atoms with van der Waals surface area (Å²) < 4.78 is 0. The quantitative estimate of drug-likeness (QED) is 0.764. The topological polar surface area (TPSA) is 37.8 Å². The van der Waals surface area contributed by atoms with Gasteiger partial charge in [0.25, 0.3) is 0 Å².